The first kappa shape index (κ1) is 15.0. The molecule has 3 rings (SSSR count). The third kappa shape index (κ3) is 3.83. The third-order valence-electron chi connectivity index (χ3n) is 2.97. The minimum absolute atomic E-state index is 0.144. The first-order valence-electron chi connectivity index (χ1n) is 6.84. The van der Waals surface area contributed by atoms with Gasteiger partial charge in [0.15, 0.2) is 0 Å². The Morgan fingerprint density at radius 3 is 2.78 bits per heavy atom. The van der Waals surface area contributed by atoms with Crippen LogP contribution in [0.4, 0.5) is 5.69 Å². The second-order valence-corrected chi connectivity index (χ2v) is 5.57. The summed E-state index contributed by atoms with van der Waals surface area (Å²) in [5.74, 6) is -0.161. The minimum Gasteiger partial charge on any atom is -0.458 e. The molecule has 7 heteroatoms. The maximum Gasteiger partial charge on any atom is 0.313 e. The van der Waals surface area contributed by atoms with E-state index in [0.29, 0.717) is 11.4 Å². The van der Waals surface area contributed by atoms with E-state index in [-0.39, 0.29) is 6.54 Å². The van der Waals surface area contributed by atoms with Crippen molar-refractivity contribution in [3.8, 4) is 10.6 Å². The van der Waals surface area contributed by atoms with Gasteiger partial charge in [-0.15, -0.1) is 11.3 Å². The summed E-state index contributed by atoms with van der Waals surface area (Å²) < 4.78 is 5.63. The summed E-state index contributed by atoms with van der Waals surface area (Å²) in [5.41, 5.74) is 0.464. The quantitative estimate of drug-likeness (QED) is 0.722. The topological polar surface area (TPSA) is 84.2 Å². The van der Waals surface area contributed by atoms with Gasteiger partial charge in [0.05, 0.1) is 23.3 Å². The van der Waals surface area contributed by atoms with Crippen LogP contribution < -0.4 is 10.6 Å². The number of rotatable bonds is 4. The SMILES string of the molecule is O=C(NCc1ccc(-c2cccs2)o1)C(=O)Nc1cccnc1. The minimum atomic E-state index is -0.747. The predicted molar refractivity (Wildman–Crippen MR) is 86.7 cm³/mol. The number of carbonyl (C=O) groups is 2. The lowest BCUT2D eigenvalue weighted by molar-refractivity contribution is -0.136. The number of hydrogen-bond acceptors (Lipinski definition) is 5. The number of carbonyl (C=O) groups excluding carboxylic acids is 2. The van der Waals surface area contributed by atoms with Crippen LogP contribution in [0, 0.1) is 0 Å². The Kier molecular flexibility index (Phi) is 4.49. The molecule has 2 N–H and O–H groups in total. The van der Waals surface area contributed by atoms with E-state index in [2.05, 4.69) is 15.6 Å². The molecule has 23 heavy (non-hydrogen) atoms. The number of pyridine rings is 1. The summed E-state index contributed by atoms with van der Waals surface area (Å²) in [7, 11) is 0. The van der Waals surface area contributed by atoms with Crippen LogP contribution in [0.15, 0.2) is 58.6 Å². The Labute approximate surface area is 136 Å². The molecule has 3 aromatic rings. The normalized spacial score (nSPS) is 10.3. The second kappa shape index (κ2) is 6.89. The van der Waals surface area contributed by atoms with E-state index in [4.69, 9.17) is 4.42 Å². The van der Waals surface area contributed by atoms with E-state index in [1.54, 1.807) is 35.7 Å². The zero-order chi connectivity index (χ0) is 16.1. The standard InChI is InChI=1S/C16H13N3O3S/c20-15(16(21)19-11-3-1-7-17-9-11)18-10-12-5-6-13(22-12)14-4-2-8-23-14/h1-9H,10H2,(H,18,20)(H,19,21). The molecule has 0 bridgehead atoms. The fraction of sp³-hybridized carbons (Fsp3) is 0.0625. The third-order valence-corrected chi connectivity index (χ3v) is 3.86. The van der Waals surface area contributed by atoms with Gasteiger partial charge in [-0.3, -0.25) is 14.6 Å². The molecule has 0 aromatic carbocycles. The summed E-state index contributed by atoms with van der Waals surface area (Å²) in [6.45, 7) is 0.144. The molecule has 0 atom stereocenters. The van der Waals surface area contributed by atoms with Crippen molar-refractivity contribution in [3.63, 3.8) is 0 Å². The van der Waals surface area contributed by atoms with Crippen molar-refractivity contribution >= 4 is 28.8 Å². The number of aromatic nitrogens is 1. The fourth-order valence-corrected chi connectivity index (χ4v) is 2.58. The highest BCUT2D eigenvalue weighted by Crippen LogP contribution is 2.26. The number of amides is 2. The average molecular weight is 327 g/mol. The van der Waals surface area contributed by atoms with Gasteiger partial charge in [-0.25, -0.2) is 0 Å². The molecule has 6 nitrogen and oxygen atoms in total. The summed E-state index contributed by atoms with van der Waals surface area (Å²) in [6, 6.07) is 10.8. The van der Waals surface area contributed by atoms with Crippen LogP contribution in [-0.2, 0) is 16.1 Å². The Morgan fingerprint density at radius 2 is 2.04 bits per heavy atom. The van der Waals surface area contributed by atoms with Crippen molar-refractivity contribution in [2.45, 2.75) is 6.54 Å². The van der Waals surface area contributed by atoms with Gasteiger partial charge in [0.1, 0.15) is 11.5 Å². The van der Waals surface area contributed by atoms with Crippen molar-refractivity contribution in [1.82, 2.24) is 10.3 Å². The first-order valence-corrected chi connectivity index (χ1v) is 7.72. The molecule has 0 saturated heterocycles. The lowest BCUT2D eigenvalue weighted by Crippen LogP contribution is -2.34. The van der Waals surface area contributed by atoms with E-state index in [0.717, 1.165) is 10.6 Å². The van der Waals surface area contributed by atoms with E-state index < -0.39 is 11.8 Å². The van der Waals surface area contributed by atoms with Crippen LogP contribution in [0.1, 0.15) is 5.76 Å². The number of nitrogens with zero attached hydrogens (tertiary/aromatic N) is 1. The first-order chi connectivity index (χ1) is 11.2. The van der Waals surface area contributed by atoms with Gasteiger partial charge in [-0.05, 0) is 35.7 Å². The fourth-order valence-electron chi connectivity index (χ4n) is 1.90. The molecule has 2 amide bonds. The van der Waals surface area contributed by atoms with E-state index in [1.165, 1.54) is 6.20 Å². The molecule has 0 saturated carbocycles. The zero-order valence-corrected chi connectivity index (χ0v) is 12.8. The van der Waals surface area contributed by atoms with E-state index >= 15 is 0 Å². The number of thiophene rings is 1. The van der Waals surface area contributed by atoms with Crippen LogP contribution >= 0.6 is 11.3 Å². The van der Waals surface area contributed by atoms with Gasteiger partial charge in [-0.1, -0.05) is 6.07 Å². The lowest BCUT2D eigenvalue weighted by Gasteiger charge is -2.04. The maximum absolute atomic E-state index is 11.8. The summed E-state index contributed by atoms with van der Waals surface area (Å²) >= 11 is 1.57. The molecule has 0 aliphatic heterocycles. The van der Waals surface area contributed by atoms with Crippen LogP contribution in [0.5, 0.6) is 0 Å². The van der Waals surface area contributed by atoms with Crippen LogP contribution in [0.25, 0.3) is 10.6 Å². The van der Waals surface area contributed by atoms with Crippen molar-refractivity contribution in [2.24, 2.45) is 0 Å². The Balaban J connectivity index is 1.54. The van der Waals surface area contributed by atoms with Gasteiger partial charge in [-0.2, -0.15) is 0 Å². The smallest absolute Gasteiger partial charge is 0.313 e. The molecule has 0 aliphatic rings. The number of furan rings is 1. The number of hydrogen-bond donors (Lipinski definition) is 2. The van der Waals surface area contributed by atoms with Gasteiger partial charge in [0.2, 0.25) is 0 Å². The Morgan fingerprint density at radius 1 is 1.13 bits per heavy atom. The van der Waals surface area contributed by atoms with Gasteiger partial charge in [0, 0.05) is 6.20 Å². The van der Waals surface area contributed by atoms with Gasteiger partial charge >= 0.3 is 11.8 Å². The molecular weight excluding hydrogens is 314 g/mol. The summed E-state index contributed by atoms with van der Waals surface area (Å²) in [6.07, 6.45) is 3.04. The highest BCUT2D eigenvalue weighted by atomic mass is 32.1. The van der Waals surface area contributed by atoms with Crippen molar-refractivity contribution < 1.29 is 14.0 Å². The molecule has 0 radical (unpaired) electrons. The predicted octanol–water partition coefficient (Wildman–Crippen LogP) is 2.66. The largest absolute Gasteiger partial charge is 0.458 e. The zero-order valence-electron chi connectivity index (χ0n) is 12.0. The van der Waals surface area contributed by atoms with E-state index in [9.17, 15) is 9.59 Å². The van der Waals surface area contributed by atoms with Crippen molar-refractivity contribution in [1.29, 1.82) is 0 Å². The highest BCUT2D eigenvalue weighted by Gasteiger charge is 2.14. The second-order valence-electron chi connectivity index (χ2n) is 4.62. The molecule has 0 aliphatic carbocycles. The van der Waals surface area contributed by atoms with Crippen LogP contribution in [0.2, 0.25) is 0 Å². The molecule has 0 spiro atoms. The monoisotopic (exact) mass is 327 g/mol. The summed E-state index contributed by atoms with van der Waals surface area (Å²) in [4.78, 5) is 28.4. The van der Waals surface area contributed by atoms with Crippen molar-refractivity contribution in [2.75, 3.05) is 5.32 Å². The number of anilines is 1. The highest BCUT2D eigenvalue weighted by molar-refractivity contribution is 7.13. The Hall–Kier alpha value is -2.93. The molecule has 3 aromatic heterocycles. The molecule has 0 fully saturated rings. The molecule has 116 valence electrons. The number of nitrogens with one attached hydrogen (secondary N) is 2. The van der Waals surface area contributed by atoms with Gasteiger partial charge < -0.3 is 15.1 Å². The van der Waals surface area contributed by atoms with Crippen LogP contribution in [0.3, 0.4) is 0 Å². The van der Waals surface area contributed by atoms with Crippen LogP contribution in [-0.4, -0.2) is 16.8 Å². The molecule has 0 unspecified atom stereocenters. The van der Waals surface area contributed by atoms with E-state index in [1.807, 2.05) is 23.6 Å². The Bertz CT molecular complexity index is 797. The van der Waals surface area contributed by atoms with Crippen molar-refractivity contribution in [3.05, 3.63) is 59.9 Å². The van der Waals surface area contributed by atoms with Gasteiger partial charge in [0.25, 0.3) is 0 Å². The summed E-state index contributed by atoms with van der Waals surface area (Å²) in [5, 5.41) is 6.94. The molecular formula is C16H13N3O3S. The average Bonchev–Trinajstić information content (AvgIpc) is 3.24. The molecule has 3 heterocycles. The maximum atomic E-state index is 11.8. The lowest BCUT2D eigenvalue weighted by atomic mass is 10.3.